The maximum absolute atomic E-state index is 12.9. The van der Waals surface area contributed by atoms with E-state index in [9.17, 15) is 28.1 Å². The summed E-state index contributed by atoms with van der Waals surface area (Å²) in [6, 6.07) is 7.63. The summed E-state index contributed by atoms with van der Waals surface area (Å²) in [6.07, 6.45) is -4.69. The number of amides is 1. The van der Waals surface area contributed by atoms with E-state index in [1.54, 1.807) is 0 Å². The van der Waals surface area contributed by atoms with Gasteiger partial charge in [0.25, 0.3) is 11.6 Å². The van der Waals surface area contributed by atoms with Crippen LogP contribution >= 0.6 is 11.6 Å². The first-order chi connectivity index (χ1) is 10.7. The van der Waals surface area contributed by atoms with Gasteiger partial charge < -0.3 is 5.32 Å². The van der Waals surface area contributed by atoms with Crippen LogP contribution in [0.2, 0.25) is 5.02 Å². The van der Waals surface area contributed by atoms with E-state index in [1.807, 2.05) is 0 Å². The van der Waals surface area contributed by atoms with Gasteiger partial charge in [0.15, 0.2) is 0 Å². The molecular formula is C14H8ClF3N2O3. The monoisotopic (exact) mass is 344 g/mol. The van der Waals surface area contributed by atoms with Gasteiger partial charge in [-0.05, 0) is 24.3 Å². The van der Waals surface area contributed by atoms with Crippen LogP contribution < -0.4 is 5.32 Å². The van der Waals surface area contributed by atoms with E-state index in [2.05, 4.69) is 5.32 Å². The third-order valence-corrected chi connectivity index (χ3v) is 3.20. The van der Waals surface area contributed by atoms with Crippen molar-refractivity contribution in [2.24, 2.45) is 0 Å². The van der Waals surface area contributed by atoms with Crippen LogP contribution in [0.3, 0.4) is 0 Å². The number of rotatable bonds is 3. The molecule has 0 saturated carbocycles. The van der Waals surface area contributed by atoms with Crippen molar-refractivity contribution in [2.45, 2.75) is 6.18 Å². The molecule has 0 spiro atoms. The molecule has 2 rings (SSSR count). The summed E-state index contributed by atoms with van der Waals surface area (Å²) >= 11 is 5.63. The van der Waals surface area contributed by atoms with Gasteiger partial charge in [-0.25, -0.2) is 0 Å². The predicted molar refractivity (Wildman–Crippen MR) is 77.5 cm³/mol. The molecule has 0 aromatic heterocycles. The Morgan fingerprint density at radius 1 is 1.17 bits per heavy atom. The molecule has 5 nitrogen and oxygen atoms in total. The fourth-order valence-electron chi connectivity index (χ4n) is 1.86. The van der Waals surface area contributed by atoms with Gasteiger partial charge in [-0.2, -0.15) is 13.2 Å². The zero-order valence-corrected chi connectivity index (χ0v) is 12.0. The van der Waals surface area contributed by atoms with E-state index in [0.717, 1.165) is 24.3 Å². The highest BCUT2D eigenvalue weighted by molar-refractivity contribution is 6.32. The maximum Gasteiger partial charge on any atom is 0.417 e. The minimum Gasteiger partial charge on any atom is -0.322 e. The summed E-state index contributed by atoms with van der Waals surface area (Å²) in [5, 5.41) is 12.8. The molecule has 0 bridgehead atoms. The number of nitro groups is 1. The van der Waals surface area contributed by atoms with E-state index in [1.165, 1.54) is 18.2 Å². The number of alkyl halides is 3. The zero-order valence-electron chi connectivity index (χ0n) is 11.2. The summed E-state index contributed by atoms with van der Waals surface area (Å²) in [6.45, 7) is 0. The van der Waals surface area contributed by atoms with Crippen molar-refractivity contribution in [3.63, 3.8) is 0 Å². The van der Waals surface area contributed by atoms with E-state index in [4.69, 9.17) is 11.6 Å². The number of nitrogens with zero attached hydrogens (tertiary/aromatic N) is 1. The Bertz CT molecular complexity index is 778. The number of nitro benzene ring substituents is 1. The zero-order chi connectivity index (χ0) is 17.2. The molecule has 0 radical (unpaired) electrons. The molecule has 0 unspecified atom stereocenters. The van der Waals surface area contributed by atoms with Crippen LogP contribution in [0.4, 0.5) is 24.5 Å². The number of carbonyl (C=O) groups is 1. The highest BCUT2D eigenvalue weighted by Crippen LogP contribution is 2.32. The van der Waals surface area contributed by atoms with E-state index >= 15 is 0 Å². The summed E-state index contributed by atoms with van der Waals surface area (Å²) in [7, 11) is 0. The molecule has 0 heterocycles. The predicted octanol–water partition coefficient (Wildman–Crippen LogP) is 4.52. The minimum absolute atomic E-state index is 0.0388. The molecule has 23 heavy (non-hydrogen) atoms. The largest absolute Gasteiger partial charge is 0.417 e. The first kappa shape index (κ1) is 16.8. The van der Waals surface area contributed by atoms with Gasteiger partial charge in [-0.1, -0.05) is 23.7 Å². The lowest BCUT2D eigenvalue weighted by atomic mass is 10.1. The van der Waals surface area contributed by atoms with Crippen molar-refractivity contribution >= 4 is 28.9 Å². The normalized spacial score (nSPS) is 11.1. The highest BCUT2D eigenvalue weighted by atomic mass is 35.5. The van der Waals surface area contributed by atoms with E-state index < -0.39 is 33.8 Å². The Labute approximate surface area is 132 Å². The van der Waals surface area contributed by atoms with Crippen LogP contribution in [0.15, 0.2) is 42.5 Å². The second-order valence-corrected chi connectivity index (χ2v) is 4.83. The first-order valence-corrected chi connectivity index (χ1v) is 6.49. The maximum atomic E-state index is 12.9. The van der Waals surface area contributed by atoms with Gasteiger partial charge in [0.05, 0.1) is 16.1 Å². The van der Waals surface area contributed by atoms with Crippen molar-refractivity contribution < 1.29 is 22.9 Å². The van der Waals surface area contributed by atoms with Crippen LogP contribution in [0, 0.1) is 10.1 Å². The van der Waals surface area contributed by atoms with Gasteiger partial charge >= 0.3 is 6.18 Å². The Morgan fingerprint density at radius 3 is 2.43 bits per heavy atom. The molecule has 0 aliphatic rings. The summed E-state index contributed by atoms with van der Waals surface area (Å²) < 4.78 is 38.7. The number of halogens is 4. The SMILES string of the molecule is O=C(Nc1ccc(Cl)c([N+](=O)[O-])c1)c1ccccc1C(F)(F)F. The van der Waals surface area contributed by atoms with Crippen LogP contribution in [-0.4, -0.2) is 10.8 Å². The fourth-order valence-corrected chi connectivity index (χ4v) is 2.04. The second kappa shape index (κ2) is 6.25. The van der Waals surface area contributed by atoms with Crippen molar-refractivity contribution in [1.29, 1.82) is 0 Å². The molecule has 0 atom stereocenters. The molecule has 0 aliphatic carbocycles. The standard InChI is InChI=1S/C14H8ClF3N2O3/c15-11-6-5-8(7-12(11)20(22)23)19-13(21)9-3-1-2-4-10(9)14(16,17)18/h1-7H,(H,19,21). The Hall–Kier alpha value is -2.61. The summed E-state index contributed by atoms with van der Waals surface area (Å²) in [4.78, 5) is 22.0. The second-order valence-electron chi connectivity index (χ2n) is 4.42. The summed E-state index contributed by atoms with van der Waals surface area (Å²) in [5.41, 5.74) is -2.18. The van der Waals surface area contributed by atoms with Crippen LogP contribution in [0.25, 0.3) is 0 Å². The average Bonchev–Trinajstić information content (AvgIpc) is 2.48. The lowest BCUT2D eigenvalue weighted by Gasteiger charge is -2.12. The Balaban J connectivity index is 2.34. The van der Waals surface area contributed by atoms with Crippen molar-refractivity contribution in [2.75, 3.05) is 5.32 Å². The van der Waals surface area contributed by atoms with Gasteiger partial charge in [0.2, 0.25) is 0 Å². The fraction of sp³-hybridized carbons (Fsp3) is 0.0714. The highest BCUT2D eigenvalue weighted by Gasteiger charge is 2.34. The molecule has 0 saturated heterocycles. The van der Waals surface area contributed by atoms with Crippen LogP contribution in [-0.2, 0) is 6.18 Å². The third kappa shape index (κ3) is 3.78. The number of carbonyl (C=O) groups excluding carboxylic acids is 1. The average molecular weight is 345 g/mol. The molecule has 120 valence electrons. The molecule has 0 fully saturated rings. The van der Waals surface area contributed by atoms with Crippen molar-refractivity contribution in [3.8, 4) is 0 Å². The van der Waals surface area contributed by atoms with Crippen LogP contribution in [0.5, 0.6) is 0 Å². The number of nitrogens with one attached hydrogen (secondary N) is 1. The Morgan fingerprint density at radius 2 is 1.83 bits per heavy atom. The molecule has 2 aromatic rings. The summed E-state index contributed by atoms with van der Waals surface area (Å²) in [5.74, 6) is -1.03. The smallest absolute Gasteiger partial charge is 0.322 e. The van der Waals surface area contributed by atoms with Crippen LogP contribution in [0.1, 0.15) is 15.9 Å². The van der Waals surface area contributed by atoms with E-state index in [-0.39, 0.29) is 10.7 Å². The first-order valence-electron chi connectivity index (χ1n) is 6.11. The van der Waals surface area contributed by atoms with Gasteiger partial charge in [0, 0.05) is 11.8 Å². The molecule has 0 aliphatic heterocycles. The van der Waals surface area contributed by atoms with Gasteiger partial charge in [-0.3, -0.25) is 14.9 Å². The molecule has 1 amide bonds. The minimum atomic E-state index is -4.69. The number of anilines is 1. The van der Waals surface area contributed by atoms with E-state index in [0.29, 0.717) is 0 Å². The molecule has 1 N–H and O–H groups in total. The van der Waals surface area contributed by atoms with Crippen molar-refractivity contribution in [3.05, 3.63) is 68.7 Å². The third-order valence-electron chi connectivity index (χ3n) is 2.88. The molecular weight excluding hydrogens is 337 g/mol. The quantitative estimate of drug-likeness (QED) is 0.657. The van der Waals surface area contributed by atoms with Crippen molar-refractivity contribution in [1.82, 2.24) is 0 Å². The topological polar surface area (TPSA) is 72.2 Å². The number of hydrogen-bond donors (Lipinski definition) is 1. The van der Waals surface area contributed by atoms with Gasteiger partial charge in [0.1, 0.15) is 5.02 Å². The lowest BCUT2D eigenvalue weighted by molar-refractivity contribution is -0.384. The molecule has 9 heteroatoms. The van der Waals surface area contributed by atoms with Gasteiger partial charge in [-0.15, -0.1) is 0 Å². The number of benzene rings is 2. The molecule has 2 aromatic carbocycles. The Kier molecular flexibility index (Phi) is 4.55. The lowest BCUT2D eigenvalue weighted by Crippen LogP contribution is -2.18. The number of hydrogen-bond acceptors (Lipinski definition) is 3.